The van der Waals surface area contributed by atoms with Gasteiger partial charge in [0.2, 0.25) is 0 Å². The van der Waals surface area contributed by atoms with Crippen LogP contribution in [-0.4, -0.2) is 42.5 Å². The minimum absolute atomic E-state index is 0.0157. The fraction of sp³-hybridized carbons (Fsp3) is 0.261. The van der Waals surface area contributed by atoms with Crippen LogP contribution < -0.4 is 15.5 Å². The molecule has 0 spiro atoms. The number of carbonyl (C=O) groups is 1. The van der Waals surface area contributed by atoms with Crippen LogP contribution in [0.1, 0.15) is 11.1 Å². The molecule has 1 saturated heterocycles. The Kier molecular flexibility index (Phi) is 7.02. The van der Waals surface area contributed by atoms with E-state index >= 15 is 0 Å². The molecule has 0 radical (unpaired) electrons. The Bertz CT molecular complexity index is 1180. The number of nitrogens with one attached hydrogen (secondary N) is 2. The summed E-state index contributed by atoms with van der Waals surface area (Å²) in [6.07, 6.45) is -10.0. The van der Waals surface area contributed by atoms with Crippen molar-refractivity contribution in [3.63, 3.8) is 0 Å². The second kappa shape index (κ2) is 10.0. The number of carbonyl (C=O) groups excluding carboxylic acids is 1. The van der Waals surface area contributed by atoms with Crippen LogP contribution in [0.3, 0.4) is 0 Å². The van der Waals surface area contributed by atoms with Gasteiger partial charge in [0.1, 0.15) is 0 Å². The van der Waals surface area contributed by atoms with Crippen molar-refractivity contribution in [1.29, 1.82) is 0 Å². The lowest BCUT2D eigenvalue weighted by atomic mass is 10.1. The highest BCUT2D eigenvalue weighted by Gasteiger charge is 2.37. The number of rotatable bonds is 4. The summed E-state index contributed by atoms with van der Waals surface area (Å²) < 4.78 is 83.3. The summed E-state index contributed by atoms with van der Waals surface area (Å²) in [4.78, 5) is 14.3. The van der Waals surface area contributed by atoms with E-state index in [4.69, 9.17) is 4.74 Å². The molecule has 0 aliphatic carbocycles. The van der Waals surface area contributed by atoms with Crippen LogP contribution in [0.2, 0.25) is 0 Å². The second-order valence-electron chi connectivity index (χ2n) is 7.83. The van der Waals surface area contributed by atoms with E-state index in [0.29, 0.717) is 49.7 Å². The molecule has 0 bridgehead atoms. The third kappa shape index (κ3) is 6.22. The van der Waals surface area contributed by atoms with Gasteiger partial charge < -0.3 is 20.3 Å². The number of aromatic nitrogens is 2. The molecule has 2 aromatic carbocycles. The second-order valence-corrected chi connectivity index (χ2v) is 7.83. The molecule has 2 heterocycles. The lowest BCUT2D eigenvalue weighted by Crippen LogP contribution is -2.36. The first-order valence-electron chi connectivity index (χ1n) is 10.6. The van der Waals surface area contributed by atoms with E-state index in [2.05, 4.69) is 15.5 Å². The van der Waals surface area contributed by atoms with E-state index in [-0.39, 0.29) is 11.8 Å². The minimum atomic E-state index is -5.02. The van der Waals surface area contributed by atoms with Crippen LogP contribution in [0.5, 0.6) is 0 Å². The van der Waals surface area contributed by atoms with Crippen LogP contribution in [-0.2, 0) is 17.1 Å². The molecule has 36 heavy (non-hydrogen) atoms. The maximum Gasteiger partial charge on any atom is 0.416 e. The van der Waals surface area contributed by atoms with Gasteiger partial charge in [0.15, 0.2) is 5.82 Å². The smallest absolute Gasteiger partial charge is 0.378 e. The van der Waals surface area contributed by atoms with Crippen molar-refractivity contribution in [3.05, 3.63) is 65.7 Å². The molecule has 1 aromatic heterocycles. The molecule has 2 amide bonds. The van der Waals surface area contributed by atoms with Gasteiger partial charge in [-0.05, 0) is 42.5 Å². The van der Waals surface area contributed by atoms with Gasteiger partial charge in [0, 0.05) is 30.0 Å². The van der Waals surface area contributed by atoms with E-state index in [9.17, 15) is 31.1 Å². The topological polar surface area (TPSA) is 79.4 Å². The van der Waals surface area contributed by atoms with Crippen molar-refractivity contribution < 1.29 is 35.9 Å². The average molecular weight is 511 g/mol. The first-order chi connectivity index (χ1) is 17.0. The van der Waals surface area contributed by atoms with Gasteiger partial charge in [0.25, 0.3) is 0 Å². The summed E-state index contributed by atoms with van der Waals surface area (Å²) in [5.41, 5.74) is -2.18. The molecule has 1 aliphatic rings. The van der Waals surface area contributed by atoms with Crippen molar-refractivity contribution in [2.45, 2.75) is 12.4 Å². The highest BCUT2D eigenvalue weighted by molar-refractivity contribution is 6.00. The maximum atomic E-state index is 13.0. The Balaban J connectivity index is 1.42. The molecule has 1 aliphatic heterocycles. The van der Waals surface area contributed by atoms with Crippen LogP contribution in [0.25, 0.3) is 11.3 Å². The molecule has 0 saturated carbocycles. The number of nitrogens with zero attached hydrogens (tertiary/aromatic N) is 3. The summed E-state index contributed by atoms with van der Waals surface area (Å²) in [5, 5.41) is 12.8. The molecule has 0 atom stereocenters. The molecule has 7 nitrogen and oxygen atoms in total. The van der Waals surface area contributed by atoms with Gasteiger partial charge >= 0.3 is 18.4 Å². The molecule has 0 unspecified atom stereocenters. The third-order valence-corrected chi connectivity index (χ3v) is 5.27. The molecule has 3 aromatic rings. The van der Waals surface area contributed by atoms with Crippen LogP contribution in [0.15, 0.2) is 54.6 Å². The molecular weight excluding hydrogens is 492 g/mol. The summed E-state index contributed by atoms with van der Waals surface area (Å²) in [7, 11) is 0. The number of hydrogen-bond donors (Lipinski definition) is 2. The highest BCUT2D eigenvalue weighted by Crippen LogP contribution is 2.37. The zero-order chi connectivity index (χ0) is 25.9. The third-order valence-electron chi connectivity index (χ3n) is 5.27. The van der Waals surface area contributed by atoms with Gasteiger partial charge in [-0.2, -0.15) is 26.3 Å². The predicted octanol–water partition coefficient (Wildman–Crippen LogP) is 5.66. The van der Waals surface area contributed by atoms with Crippen molar-refractivity contribution >= 4 is 23.2 Å². The summed E-state index contributed by atoms with van der Waals surface area (Å²) in [5.74, 6) is 0.722. The number of anilines is 3. The SMILES string of the molecule is O=C(Nc1ccc(-c2ccc(N3CCOCC3)nn2)cc1)Nc1cc(C(F)(F)F)cc(C(F)(F)F)c1. The number of morpholine rings is 1. The monoisotopic (exact) mass is 511 g/mol. The molecule has 1 fully saturated rings. The van der Waals surface area contributed by atoms with E-state index in [1.54, 1.807) is 18.2 Å². The average Bonchev–Trinajstić information content (AvgIpc) is 2.84. The molecule has 190 valence electrons. The van der Waals surface area contributed by atoms with Crippen molar-refractivity contribution in [2.75, 3.05) is 41.8 Å². The molecule has 4 rings (SSSR count). The zero-order valence-electron chi connectivity index (χ0n) is 18.5. The number of hydrogen-bond acceptors (Lipinski definition) is 5. The fourth-order valence-corrected chi connectivity index (χ4v) is 3.49. The number of amides is 2. The first-order valence-corrected chi connectivity index (χ1v) is 10.6. The summed E-state index contributed by atoms with van der Waals surface area (Å²) >= 11 is 0. The molecule has 13 heteroatoms. The van der Waals surface area contributed by atoms with Crippen LogP contribution in [0.4, 0.5) is 48.3 Å². The Labute approximate surface area is 201 Å². The number of ether oxygens (including phenoxy) is 1. The summed E-state index contributed by atoms with van der Waals surface area (Å²) in [6, 6.07) is 9.76. The van der Waals surface area contributed by atoms with Crippen molar-refractivity contribution in [3.8, 4) is 11.3 Å². The van der Waals surface area contributed by atoms with Gasteiger partial charge in [0.05, 0.1) is 30.0 Å². The van der Waals surface area contributed by atoms with Gasteiger partial charge in [-0.25, -0.2) is 4.79 Å². The largest absolute Gasteiger partial charge is 0.416 e. The Morgan fingerprint density at radius 2 is 1.36 bits per heavy atom. The Morgan fingerprint density at radius 3 is 1.89 bits per heavy atom. The van der Waals surface area contributed by atoms with Crippen molar-refractivity contribution in [1.82, 2.24) is 10.2 Å². The standard InChI is InChI=1S/C23H19F6N5O2/c24-22(25,26)15-11-16(23(27,28)29)13-18(12-15)31-21(35)30-17-3-1-14(2-4-17)19-5-6-20(33-32-19)34-7-9-36-10-8-34/h1-6,11-13H,7-10H2,(H2,30,31,35). The molecule has 2 N–H and O–H groups in total. The number of urea groups is 1. The van der Waals surface area contributed by atoms with E-state index in [1.165, 1.54) is 12.1 Å². The number of benzene rings is 2. The summed E-state index contributed by atoms with van der Waals surface area (Å²) in [6.45, 7) is 2.66. The van der Waals surface area contributed by atoms with E-state index < -0.39 is 35.2 Å². The fourth-order valence-electron chi connectivity index (χ4n) is 3.49. The first kappa shape index (κ1) is 25.2. The van der Waals surface area contributed by atoms with E-state index in [0.717, 1.165) is 5.82 Å². The number of alkyl halides is 6. The van der Waals surface area contributed by atoms with Gasteiger partial charge in [-0.15, -0.1) is 10.2 Å². The Hall–Kier alpha value is -3.87. The lowest BCUT2D eigenvalue weighted by Gasteiger charge is -2.27. The van der Waals surface area contributed by atoms with Crippen molar-refractivity contribution in [2.24, 2.45) is 0 Å². The maximum absolute atomic E-state index is 13.0. The number of halogens is 6. The van der Waals surface area contributed by atoms with E-state index in [1.807, 2.05) is 16.3 Å². The predicted molar refractivity (Wildman–Crippen MR) is 120 cm³/mol. The Morgan fingerprint density at radius 1 is 0.778 bits per heavy atom. The lowest BCUT2D eigenvalue weighted by molar-refractivity contribution is -0.143. The van der Waals surface area contributed by atoms with Gasteiger partial charge in [-0.1, -0.05) is 12.1 Å². The highest BCUT2D eigenvalue weighted by atomic mass is 19.4. The minimum Gasteiger partial charge on any atom is -0.378 e. The van der Waals surface area contributed by atoms with Crippen LogP contribution >= 0.6 is 0 Å². The van der Waals surface area contributed by atoms with Crippen LogP contribution in [0, 0.1) is 0 Å². The molecular formula is C23H19F6N5O2. The normalized spacial score (nSPS) is 14.4. The quantitative estimate of drug-likeness (QED) is 0.442. The van der Waals surface area contributed by atoms with Gasteiger partial charge in [-0.3, -0.25) is 0 Å². The zero-order valence-corrected chi connectivity index (χ0v) is 18.5.